The van der Waals surface area contributed by atoms with E-state index in [2.05, 4.69) is 49.4 Å². The van der Waals surface area contributed by atoms with Crippen molar-refractivity contribution in [2.45, 2.75) is 13.3 Å². The predicted octanol–water partition coefficient (Wildman–Crippen LogP) is 1.59. The summed E-state index contributed by atoms with van der Waals surface area (Å²) in [5, 5.41) is 2.99. The molecule has 132 valence electrons. The van der Waals surface area contributed by atoms with Gasteiger partial charge in [-0.3, -0.25) is 9.69 Å². The van der Waals surface area contributed by atoms with Crippen LogP contribution in [0.2, 0.25) is 0 Å². The van der Waals surface area contributed by atoms with Crippen LogP contribution >= 0.6 is 0 Å². The number of benzene rings is 1. The molecule has 6 nitrogen and oxygen atoms in total. The molecule has 0 bridgehead atoms. The molecule has 0 atom stereocenters. The number of anilines is 1. The highest BCUT2D eigenvalue weighted by Crippen LogP contribution is 2.15. The third-order valence-corrected chi connectivity index (χ3v) is 4.58. The minimum absolute atomic E-state index is 0.0830. The summed E-state index contributed by atoms with van der Waals surface area (Å²) in [5.41, 5.74) is 2.66. The Bertz CT molecular complexity index is 683. The van der Waals surface area contributed by atoms with Crippen molar-refractivity contribution in [3.8, 4) is 0 Å². The zero-order valence-corrected chi connectivity index (χ0v) is 14.7. The summed E-state index contributed by atoms with van der Waals surface area (Å²) in [5.74, 6) is -0.0830. The van der Waals surface area contributed by atoms with Crippen molar-refractivity contribution in [2.75, 3.05) is 44.2 Å². The van der Waals surface area contributed by atoms with Crippen molar-refractivity contribution in [1.82, 2.24) is 20.2 Å². The maximum atomic E-state index is 12.3. The van der Waals surface area contributed by atoms with E-state index in [1.807, 2.05) is 13.0 Å². The average molecular weight is 339 g/mol. The van der Waals surface area contributed by atoms with Gasteiger partial charge in [-0.05, 0) is 18.6 Å². The summed E-state index contributed by atoms with van der Waals surface area (Å²) in [6.45, 7) is 7.56. The highest BCUT2D eigenvalue weighted by atomic mass is 16.1. The van der Waals surface area contributed by atoms with E-state index in [1.165, 1.54) is 12.0 Å². The van der Waals surface area contributed by atoms with Gasteiger partial charge in [0.1, 0.15) is 6.33 Å². The Kier molecular flexibility index (Phi) is 5.95. The Labute approximate surface area is 148 Å². The minimum atomic E-state index is -0.0830. The van der Waals surface area contributed by atoms with E-state index < -0.39 is 0 Å². The van der Waals surface area contributed by atoms with Crippen LogP contribution in [0.5, 0.6) is 0 Å². The van der Waals surface area contributed by atoms with E-state index >= 15 is 0 Å². The van der Waals surface area contributed by atoms with Crippen LogP contribution < -0.4 is 10.2 Å². The van der Waals surface area contributed by atoms with Crippen molar-refractivity contribution >= 4 is 11.6 Å². The number of aryl methyl sites for hydroxylation is 1. The average Bonchev–Trinajstić information content (AvgIpc) is 2.69. The fourth-order valence-electron chi connectivity index (χ4n) is 3.12. The molecule has 1 aliphatic heterocycles. The zero-order chi connectivity index (χ0) is 17.5. The number of hydrogen-bond acceptors (Lipinski definition) is 5. The Morgan fingerprint density at radius 2 is 1.92 bits per heavy atom. The Hall–Kier alpha value is -2.47. The highest BCUT2D eigenvalue weighted by molar-refractivity contribution is 5.94. The molecule has 6 heteroatoms. The molecule has 1 aliphatic rings. The SMILES string of the molecule is CCc1ncncc1C(=O)NCCN1CCN(c2ccccc2)CC1. The Morgan fingerprint density at radius 1 is 1.16 bits per heavy atom. The molecular weight excluding hydrogens is 314 g/mol. The summed E-state index contributed by atoms with van der Waals surface area (Å²) in [4.78, 5) is 25.2. The smallest absolute Gasteiger partial charge is 0.254 e. The third-order valence-electron chi connectivity index (χ3n) is 4.58. The lowest BCUT2D eigenvalue weighted by atomic mass is 10.2. The number of hydrogen-bond donors (Lipinski definition) is 1. The van der Waals surface area contributed by atoms with Crippen LogP contribution in [0, 0.1) is 0 Å². The monoisotopic (exact) mass is 339 g/mol. The Balaban J connectivity index is 1.42. The van der Waals surface area contributed by atoms with Crippen LogP contribution in [0.4, 0.5) is 5.69 Å². The number of aromatic nitrogens is 2. The quantitative estimate of drug-likeness (QED) is 0.866. The van der Waals surface area contributed by atoms with E-state index in [0.29, 0.717) is 12.1 Å². The summed E-state index contributed by atoms with van der Waals surface area (Å²) in [7, 11) is 0. The molecular formula is C19H25N5O. The summed E-state index contributed by atoms with van der Waals surface area (Å²) >= 11 is 0. The van der Waals surface area contributed by atoms with Gasteiger partial charge in [0, 0.05) is 51.2 Å². The first-order chi connectivity index (χ1) is 12.3. The van der Waals surface area contributed by atoms with Gasteiger partial charge in [-0.2, -0.15) is 0 Å². The minimum Gasteiger partial charge on any atom is -0.369 e. The van der Waals surface area contributed by atoms with Gasteiger partial charge in [0.2, 0.25) is 0 Å². The molecule has 1 amide bonds. The fraction of sp³-hybridized carbons (Fsp3) is 0.421. The number of nitrogens with one attached hydrogen (secondary N) is 1. The van der Waals surface area contributed by atoms with Crippen molar-refractivity contribution in [1.29, 1.82) is 0 Å². The van der Waals surface area contributed by atoms with Crippen molar-refractivity contribution < 1.29 is 4.79 Å². The first kappa shape index (κ1) is 17.4. The lowest BCUT2D eigenvalue weighted by molar-refractivity contribution is 0.0946. The lowest BCUT2D eigenvalue weighted by Crippen LogP contribution is -2.48. The Morgan fingerprint density at radius 3 is 2.64 bits per heavy atom. The first-order valence-corrected chi connectivity index (χ1v) is 8.87. The zero-order valence-electron chi connectivity index (χ0n) is 14.7. The van der Waals surface area contributed by atoms with Gasteiger partial charge in [-0.15, -0.1) is 0 Å². The van der Waals surface area contributed by atoms with E-state index in [0.717, 1.165) is 44.8 Å². The van der Waals surface area contributed by atoms with Gasteiger partial charge in [0.05, 0.1) is 11.3 Å². The number of para-hydroxylation sites is 1. The van der Waals surface area contributed by atoms with Crippen molar-refractivity contribution in [3.05, 3.63) is 54.1 Å². The van der Waals surface area contributed by atoms with Crippen LogP contribution in [0.3, 0.4) is 0 Å². The first-order valence-electron chi connectivity index (χ1n) is 8.87. The molecule has 2 aromatic rings. The molecule has 2 heterocycles. The molecule has 0 radical (unpaired) electrons. The second kappa shape index (κ2) is 8.58. The number of amides is 1. The van der Waals surface area contributed by atoms with Crippen LogP contribution in [-0.4, -0.2) is 60.0 Å². The van der Waals surface area contributed by atoms with E-state index in [1.54, 1.807) is 6.20 Å². The number of carbonyl (C=O) groups excluding carboxylic acids is 1. The standard InChI is InChI=1S/C19H25N5O/c1-2-18-17(14-20-15-22-18)19(25)21-8-9-23-10-12-24(13-11-23)16-6-4-3-5-7-16/h3-7,14-15H,2,8-13H2,1H3,(H,21,25). The molecule has 0 aliphatic carbocycles. The number of piperazine rings is 1. The van der Waals surface area contributed by atoms with Gasteiger partial charge in [-0.25, -0.2) is 9.97 Å². The van der Waals surface area contributed by atoms with Crippen molar-refractivity contribution in [2.24, 2.45) is 0 Å². The highest BCUT2D eigenvalue weighted by Gasteiger charge is 2.17. The van der Waals surface area contributed by atoms with Gasteiger partial charge in [0.25, 0.3) is 5.91 Å². The maximum Gasteiger partial charge on any atom is 0.254 e. The summed E-state index contributed by atoms with van der Waals surface area (Å²) in [6, 6.07) is 10.5. The molecule has 1 saturated heterocycles. The summed E-state index contributed by atoms with van der Waals surface area (Å²) < 4.78 is 0. The fourth-order valence-corrected chi connectivity index (χ4v) is 3.12. The van der Waals surface area contributed by atoms with E-state index in [-0.39, 0.29) is 5.91 Å². The molecule has 1 aromatic carbocycles. The molecule has 1 N–H and O–H groups in total. The summed E-state index contributed by atoms with van der Waals surface area (Å²) in [6.07, 6.45) is 3.81. The van der Waals surface area contributed by atoms with Gasteiger partial charge in [-0.1, -0.05) is 25.1 Å². The molecule has 0 spiro atoms. The number of nitrogens with zero attached hydrogens (tertiary/aromatic N) is 4. The van der Waals surface area contributed by atoms with Gasteiger partial charge < -0.3 is 10.2 Å². The molecule has 25 heavy (non-hydrogen) atoms. The molecule has 0 saturated carbocycles. The lowest BCUT2D eigenvalue weighted by Gasteiger charge is -2.36. The number of rotatable bonds is 6. The predicted molar refractivity (Wildman–Crippen MR) is 98.8 cm³/mol. The van der Waals surface area contributed by atoms with Crippen LogP contribution in [0.25, 0.3) is 0 Å². The topological polar surface area (TPSA) is 61.4 Å². The molecule has 3 rings (SSSR count). The number of carbonyl (C=O) groups is 1. The third kappa shape index (κ3) is 4.54. The van der Waals surface area contributed by atoms with Crippen molar-refractivity contribution in [3.63, 3.8) is 0 Å². The van der Waals surface area contributed by atoms with E-state index in [9.17, 15) is 4.79 Å². The normalized spacial score (nSPS) is 15.2. The van der Waals surface area contributed by atoms with Crippen LogP contribution in [0.1, 0.15) is 23.0 Å². The second-order valence-corrected chi connectivity index (χ2v) is 6.16. The second-order valence-electron chi connectivity index (χ2n) is 6.16. The molecule has 1 fully saturated rings. The van der Waals surface area contributed by atoms with Gasteiger partial charge >= 0.3 is 0 Å². The molecule has 0 unspecified atom stereocenters. The largest absolute Gasteiger partial charge is 0.369 e. The van der Waals surface area contributed by atoms with Gasteiger partial charge in [0.15, 0.2) is 0 Å². The van der Waals surface area contributed by atoms with Crippen LogP contribution in [-0.2, 0) is 6.42 Å². The van der Waals surface area contributed by atoms with Crippen LogP contribution in [0.15, 0.2) is 42.9 Å². The maximum absolute atomic E-state index is 12.3. The molecule has 1 aromatic heterocycles. The van der Waals surface area contributed by atoms with E-state index in [4.69, 9.17) is 0 Å².